The summed E-state index contributed by atoms with van der Waals surface area (Å²) in [6.07, 6.45) is 0. The molecule has 134 valence electrons. The van der Waals surface area contributed by atoms with Gasteiger partial charge in [-0.05, 0) is 24.3 Å². The van der Waals surface area contributed by atoms with E-state index >= 15 is 0 Å². The predicted molar refractivity (Wildman–Crippen MR) is 94.7 cm³/mol. The molecule has 0 aliphatic carbocycles. The monoisotopic (exact) mass is 384 g/mol. The molecule has 0 amide bonds. The maximum absolute atomic E-state index is 14.6. The van der Waals surface area contributed by atoms with Crippen LogP contribution < -0.4 is 10.5 Å². The molecule has 0 radical (unpaired) electrons. The first-order valence-corrected chi connectivity index (χ1v) is 8.24. The topological polar surface area (TPSA) is 87.7 Å². The van der Waals surface area contributed by atoms with Crippen molar-refractivity contribution in [3.63, 3.8) is 0 Å². The summed E-state index contributed by atoms with van der Waals surface area (Å²) in [4.78, 5) is 0. The zero-order valence-electron chi connectivity index (χ0n) is 13.6. The number of nitrogens with zero attached hydrogens (tertiary/aromatic N) is 2. The quantitative estimate of drug-likeness (QED) is 0.692. The number of benzene rings is 2. The molecule has 4 rings (SSSR count). The van der Waals surface area contributed by atoms with Gasteiger partial charge in [0.2, 0.25) is 11.8 Å². The fourth-order valence-corrected chi connectivity index (χ4v) is 3.39. The third kappa shape index (κ3) is 2.71. The van der Waals surface area contributed by atoms with Gasteiger partial charge in [0.25, 0.3) is 0 Å². The number of halogens is 3. The van der Waals surface area contributed by atoms with E-state index in [4.69, 9.17) is 22.1 Å². The van der Waals surface area contributed by atoms with Crippen LogP contribution in [-0.4, -0.2) is 10.2 Å². The van der Waals surface area contributed by atoms with Gasteiger partial charge in [0, 0.05) is 16.1 Å². The number of rotatable bonds is 2. The van der Waals surface area contributed by atoms with Gasteiger partial charge in [-0.2, -0.15) is 5.26 Å². The van der Waals surface area contributed by atoms with Crippen LogP contribution in [0.2, 0.25) is 5.02 Å². The van der Waals surface area contributed by atoms with Crippen LogP contribution in [0.5, 0.6) is 5.88 Å². The maximum atomic E-state index is 14.6. The lowest BCUT2D eigenvalue weighted by Crippen LogP contribution is -2.21. The average molecular weight is 385 g/mol. The number of allylic oxidation sites excluding steroid dienone is 1. The third-order valence-electron chi connectivity index (χ3n) is 4.35. The first-order valence-electron chi connectivity index (χ1n) is 7.87. The Morgan fingerprint density at radius 2 is 2.00 bits per heavy atom. The van der Waals surface area contributed by atoms with Crippen molar-refractivity contribution in [2.45, 2.75) is 5.92 Å². The second-order valence-corrected chi connectivity index (χ2v) is 6.30. The molecule has 0 saturated heterocycles. The van der Waals surface area contributed by atoms with Crippen LogP contribution in [0.15, 0.2) is 53.9 Å². The molecule has 1 unspecified atom stereocenters. The molecule has 1 atom stereocenters. The van der Waals surface area contributed by atoms with Crippen molar-refractivity contribution in [1.82, 2.24) is 10.2 Å². The zero-order chi connectivity index (χ0) is 19.1. The molecule has 0 saturated carbocycles. The zero-order valence-corrected chi connectivity index (χ0v) is 14.4. The van der Waals surface area contributed by atoms with E-state index in [1.165, 1.54) is 0 Å². The highest BCUT2D eigenvalue weighted by molar-refractivity contribution is 6.33. The van der Waals surface area contributed by atoms with Gasteiger partial charge in [-0.3, -0.25) is 5.10 Å². The largest absolute Gasteiger partial charge is 0.420 e. The highest BCUT2D eigenvalue weighted by atomic mass is 35.5. The molecule has 8 heteroatoms. The summed E-state index contributed by atoms with van der Waals surface area (Å²) in [6.45, 7) is 0. The van der Waals surface area contributed by atoms with Crippen LogP contribution in [0.25, 0.3) is 11.3 Å². The number of aromatic amines is 1. The lowest BCUT2D eigenvalue weighted by Gasteiger charge is -2.24. The molecule has 1 aliphatic rings. The van der Waals surface area contributed by atoms with Crippen LogP contribution in [-0.2, 0) is 0 Å². The van der Waals surface area contributed by atoms with Crippen molar-refractivity contribution < 1.29 is 13.5 Å². The number of nitriles is 1. The molecule has 1 aliphatic heterocycles. The Morgan fingerprint density at radius 1 is 1.22 bits per heavy atom. The number of hydrogen-bond acceptors (Lipinski definition) is 4. The van der Waals surface area contributed by atoms with Gasteiger partial charge in [0.15, 0.2) is 0 Å². The third-order valence-corrected chi connectivity index (χ3v) is 4.68. The molecule has 3 N–H and O–H groups in total. The summed E-state index contributed by atoms with van der Waals surface area (Å²) in [6, 6.07) is 11.9. The van der Waals surface area contributed by atoms with Crippen LogP contribution in [0.4, 0.5) is 8.78 Å². The Balaban J connectivity index is 2.02. The molecule has 5 nitrogen and oxygen atoms in total. The Labute approximate surface area is 157 Å². The smallest absolute Gasteiger partial charge is 0.244 e. The van der Waals surface area contributed by atoms with Crippen LogP contribution in [0.3, 0.4) is 0 Å². The number of aromatic nitrogens is 2. The number of hydrogen-bond donors (Lipinski definition) is 2. The molecule has 2 aromatic carbocycles. The van der Waals surface area contributed by atoms with Gasteiger partial charge in [-0.25, -0.2) is 8.78 Å². The molecule has 3 aromatic rings. The second kappa shape index (κ2) is 6.41. The Kier molecular flexibility index (Phi) is 4.05. The molecule has 2 heterocycles. The van der Waals surface area contributed by atoms with Crippen LogP contribution in [0.1, 0.15) is 17.0 Å². The Bertz CT molecular complexity index is 1130. The van der Waals surface area contributed by atoms with E-state index in [1.54, 1.807) is 24.3 Å². The van der Waals surface area contributed by atoms with Gasteiger partial charge in [-0.1, -0.05) is 29.8 Å². The highest BCUT2D eigenvalue weighted by Gasteiger charge is 2.37. The van der Waals surface area contributed by atoms with Crippen molar-refractivity contribution in [2.24, 2.45) is 5.73 Å². The fourth-order valence-electron chi connectivity index (χ4n) is 3.16. The summed E-state index contributed by atoms with van der Waals surface area (Å²) < 4.78 is 33.8. The highest BCUT2D eigenvalue weighted by Crippen LogP contribution is 2.47. The van der Waals surface area contributed by atoms with E-state index in [-0.39, 0.29) is 22.9 Å². The molecule has 0 spiro atoms. The number of fused-ring (bicyclic) bond motifs is 1. The number of nitrogens with one attached hydrogen (secondary N) is 1. The molecular weight excluding hydrogens is 374 g/mol. The normalized spacial score (nSPS) is 15.9. The first-order chi connectivity index (χ1) is 13.0. The van der Waals surface area contributed by atoms with Gasteiger partial charge in [0.1, 0.15) is 23.3 Å². The van der Waals surface area contributed by atoms with Crippen molar-refractivity contribution in [3.05, 3.63) is 81.7 Å². The number of nitrogens with two attached hydrogens (primary N) is 1. The summed E-state index contributed by atoms with van der Waals surface area (Å²) in [5.41, 5.74) is 7.12. The summed E-state index contributed by atoms with van der Waals surface area (Å²) in [5.74, 6) is -2.45. The lowest BCUT2D eigenvalue weighted by molar-refractivity contribution is 0.378. The minimum absolute atomic E-state index is 0.0401. The van der Waals surface area contributed by atoms with E-state index in [0.717, 1.165) is 18.2 Å². The lowest BCUT2D eigenvalue weighted by atomic mass is 9.82. The summed E-state index contributed by atoms with van der Waals surface area (Å²) in [5, 5.41) is 16.9. The van der Waals surface area contributed by atoms with Crippen molar-refractivity contribution >= 4 is 11.6 Å². The van der Waals surface area contributed by atoms with Crippen molar-refractivity contribution in [2.75, 3.05) is 0 Å². The molecule has 0 bridgehead atoms. The van der Waals surface area contributed by atoms with Gasteiger partial charge < -0.3 is 10.5 Å². The standard InChI is InChI=1S/C19H11ClF2N4O/c20-13-4-2-1-3-10(13)17-16-15(11-7-9(21)5-6-14(11)22)12(8-23)18(24)27-19(16)26-25-17/h1-7,15H,24H2,(H,25,26). The number of H-pyrrole nitrogens is 1. The van der Waals surface area contributed by atoms with E-state index in [9.17, 15) is 14.0 Å². The number of ether oxygens (including phenoxy) is 1. The van der Waals surface area contributed by atoms with Crippen LogP contribution in [0, 0.1) is 23.0 Å². The van der Waals surface area contributed by atoms with Crippen LogP contribution >= 0.6 is 11.6 Å². The van der Waals surface area contributed by atoms with Crippen molar-refractivity contribution in [3.8, 4) is 23.2 Å². The molecule has 1 aromatic heterocycles. The molecular formula is C19H11ClF2N4O. The molecule has 0 fully saturated rings. The first kappa shape index (κ1) is 17.1. The minimum atomic E-state index is -1.00. The van der Waals surface area contributed by atoms with Gasteiger partial charge >= 0.3 is 0 Å². The predicted octanol–water partition coefficient (Wildman–Crippen LogP) is 4.23. The SMILES string of the molecule is N#CC1=C(N)Oc2n[nH]c(-c3ccccc3Cl)c2C1c1cc(F)ccc1F. The summed E-state index contributed by atoms with van der Waals surface area (Å²) >= 11 is 6.28. The Morgan fingerprint density at radius 3 is 2.74 bits per heavy atom. The second-order valence-electron chi connectivity index (χ2n) is 5.89. The van der Waals surface area contributed by atoms with Gasteiger partial charge in [-0.15, -0.1) is 5.10 Å². The fraction of sp³-hybridized carbons (Fsp3) is 0.0526. The van der Waals surface area contributed by atoms with E-state index in [2.05, 4.69) is 10.2 Å². The minimum Gasteiger partial charge on any atom is -0.420 e. The average Bonchev–Trinajstić information content (AvgIpc) is 3.06. The maximum Gasteiger partial charge on any atom is 0.244 e. The Hall–Kier alpha value is -3.37. The van der Waals surface area contributed by atoms with E-state index < -0.39 is 17.6 Å². The molecule has 27 heavy (non-hydrogen) atoms. The van der Waals surface area contributed by atoms with E-state index in [0.29, 0.717) is 21.8 Å². The summed E-state index contributed by atoms with van der Waals surface area (Å²) in [7, 11) is 0. The van der Waals surface area contributed by atoms with Gasteiger partial charge in [0.05, 0.1) is 17.2 Å². The van der Waals surface area contributed by atoms with Crippen molar-refractivity contribution in [1.29, 1.82) is 5.26 Å². The van der Waals surface area contributed by atoms with E-state index in [1.807, 2.05) is 6.07 Å².